The van der Waals surface area contributed by atoms with Crippen LogP contribution < -0.4 is 5.73 Å². The molecule has 0 aromatic carbocycles. The first-order valence-corrected chi connectivity index (χ1v) is 7.08. The monoisotopic (exact) mass is 271 g/mol. The molecule has 18 heavy (non-hydrogen) atoms. The molecule has 1 heterocycles. The lowest BCUT2D eigenvalue weighted by molar-refractivity contribution is 0.0149. The van der Waals surface area contributed by atoms with E-state index in [1.54, 1.807) is 0 Å². The van der Waals surface area contributed by atoms with E-state index >= 15 is 0 Å². The second kappa shape index (κ2) is 6.04. The molecule has 5 heteroatoms. The van der Waals surface area contributed by atoms with E-state index in [9.17, 15) is 0 Å². The van der Waals surface area contributed by atoms with Gasteiger partial charge < -0.3 is 10.5 Å². The number of nitrogens with zero attached hydrogens (tertiary/aromatic N) is 2. The zero-order chi connectivity index (χ0) is 13.1. The van der Waals surface area contributed by atoms with E-state index in [1.807, 2.05) is 11.6 Å². The highest BCUT2D eigenvalue weighted by atomic mass is 35.5. The standard InChI is InChI=1S/C13H22ClN3O/c1-3-17-11(13(14)9(2)16-17)8-18-12-6-4-5-10(12)7-15/h10,12H,3-8,15H2,1-2H3. The molecule has 0 amide bonds. The number of halogens is 1. The van der Waals surface area contributed by atoms with Crippen LogP contribution in [0, 0.1) is 12.8 Å². The van der Waals surface area contributed by atoms with Gasteiger partial charge in [-0.1, -0.05) is 18.0 Å². The summed E-state index contributed by atoms with van der Waals surface area (Å²) in [5, 5.41) is 5.13. The minimum absolute atomic E-state index is 0.284. The predicted octanol–water partition coefficient (Wildman–Crippen LogP) is 2.51. The Morgan fingerprint density at radius 3 is 2.94 bits per heavy atom. The third-order valence-electron chi connectivity index (χ3n) is 3.78. The van der Waals surface area contributed by atoms with Gasteiger partial charge in [-0.15, -0.1) is 0 Å². The largest absolute Gasteiger partial charge is 0.372 e. The minimum Gasteiger partial charge on any atom is -0.372 e. The van der Waals surface area contributed by atoms with Crippen molar-refractivity contribution in [2.75, 3.05) is 6.54 Å². The molecule has 1 saturated carbocycles. The molecular weight excluding hydrogens is 250 g/mol. The zero-order valence-corrected chi connectivity index (χ0v) is 11.9. The summed E-state index contributed by atoms with van der Waals surface area (Å²) in [5.74, 6) is 0.503. The normalized spacial score (nSPS) is 23.8. The van der Waals surface area contributed by atoms with Crippen LogP contribution in [0.4, 0.5) is 0 Å². The number of hydrogen-bond donors (Lipinski definition) is 1. The molecule has 0 aliphatic heterocycles. The summed E-state index contributed by atoms with van der Waals surface area (Å²) in [6.45, 7) is 6.05. The van der Waals surface area contributed by atoms with Crippen molar-refractivity contribution in [3.63, 3.8) is 0 Å². The Labute approximate surface area is 113 Å². The molecular formula is C13H22ClN3O. The topological polar surface area (TPSA) is 53.1 Å². The van der Waals surface area contributed by atoms with Crippen molar-refractivity contribution in [3.05, 3.63) is 16.4 Å². The van der Waals surface area contributed by atoms with Crippen LogP contribution in [0.25, 0.3) is 0 Å². The Morgan fingerprint density at radius 1 is 1.50 bits per heavy atom. The van der Waals surface area contributed by atoms with E-state index in [2.05, 4.69) is 12.0 Å². The predicted molar refractivity (Wildman–Crippen MR) is 72.6 cm³/mol. The van der Waals surface area contributed by atoms with Gasteiger partial charge in [0.1, 0.15) is 0 Å². The van der Waals surface area contributed by atoms with Crippen molar-refractivity contribution in [2.45, 2.75) is 52.4 Å². The molecule has 1 fully saturated rings. The Balaban J connectivity index is 2.01. The zero-order valence-electron chi connectivity index (χ0n) is 11.2. The molecule has 0 radical (unpaired) electrons. The first-order valence-electron chi connectivity index (χ1n) is 6.70. The van der Waals surface area contributed by atoms with Crippen LogP contribution in [0.3, 0.4) is 0 Å². The summed E-state index contributed by atoms with van der Waals surface area (Å²) in [5.41, 5.74) is 7.62. The Morgan fingerprint density at radius 2 is 2.28 bits per heavy atom. The molecule has 102 valence electrons. The number of aromatic nitrogens is 2. The Bertz CT molecular complexity index is 405. The molecule has 0 bridgehead atoms. The summed E-state index contributed by atoms with van der Waals surface area (Å²) in [4.78, 5) is 0. The van der Waals surface area contributed by atoms with Crippen molar-refractivity contribution >= 4 is 11.6 Å². The average molecular weight is 272 g/mol. The van der Waals surface area contributed by atoms with Gasteiger partial charge in [0.2, 0.25) is 0 Å². The van der Waals surface area contributed by atoms with E-state index in [1.165, 1.54) is 12.8 Å². The van der Waals surface area contributed by atoms with Crippen LogP contribution in [0.2, 0.25) is 5.02 Å². The molecule has 2 unspecified atom stereocenters. The number of rotatable bonds is 5. The number of ether oxygens (including phenoxy) is 1. The van der Waals surface area contributed by atoms with E-state index in [-0.39, 0.29) is 6.10 Å². The molecule has 0 saturated heterocycles. The summed E-state index contributed by atoms with van der Waals surface area (Å²) < 4.78 is 7.92. The molecule has 2 N–H and O–H groups in total. The molecule has 2 atom stereocenters. The summed E-state index contributed by atoms with van der Waals surface area (Å²) in [6, 6.07) is 0. The molecule has 1 aliphatic rings. The molecule has 1 aliphatic carbocycles. The lowest BCUT2D eigenvalue weighted by Gasteiger charge is -2.19. The van der Waals surface area contributed by atoms with Crippen LogP contribution in [0.5, 0.6) is 0 Å². The quantitative estimate of drug-likeness (QED) is 0.895. The van der Waals surface area contributed by atoms with Gasteiger partial charge in [-0.25, -0.2) is 0 Å². The van der Waals surface area contributed by atoms with Crippen molar-refractivity contribution in [3.8, 4) is 0 Å². The number of nitrogens with two attached hydrogens (primary N) is 1. The summed E-state index contributed by atoms with van der Waals surface area (Å²) in [6.07, 6.45) is 3.79. The molecule has 1 aromatic heterocycles. The molecule has 2 rings (SSSR count). The van der Waals surface area contributed by atoms with Crippen LogP contribution >= 0.6 is 11.6 Å². The minimum atomic E-state index is 0.284. The van der Waals surface area contributed by atoms with Gasteiger partial charge >= 0.3 is 0 Å². The summed E-state index contributed by atoms with van der Waals surface area (Å²) >= 11 is 6.26. The maximum Gasteiger partial charge on any atom is 0.0903 e. The van der Waals surface area contributed by atoms with E-state index < -0.39 is 0 Å². The molecule has 4 nitrogen and oxygen atoms in total. The van der Waals surface area contributed by atoms with Crippen molar-refractivity contribution in [1.29, 1.82) is 0 Å². The lowest BCUT2D eigenvalue weighted by atomic mass is 10.1. The molecule has 1 aromatic rings. The average Bonchev–Trinajstić information content (AvgIpc) is 2.93. The summed E-state index contributed by atoms with van der Waals surface area (Å²) in [7, 11) is 0. The fourth-order valence-electron chi connectivity index (χ4n) is 2.68. The highest BCUT2D eigenvalue weighted by molar-refractivity contribution is 6.31. The maximum absolute atomic E-state index is 6.26. The third-order valence-corrected chi connectivity index (χ3v) is 4.27. The molecule has 0 spiro atoms. The fraction of sp³-hybridized carbons (Fsp3) is 0.769. The number of hydrogen-bond acceptors (Lipinski definition) is 3. The fourth-order valence-corrected chi connectivity index (χ4v) is 2.87. The van der Waals surface area contributed by atoms with Gasteiger partial charge in [0.15, 0.2) is 0 Å². The van der Waals surface area contributed by atoms with E-state index in [4.69, 9.17) is 22.1 Å². The van der Waals surface area contributed by atoms with Gasteiger partial charge in [-0.2, -0.15) is 5.10 Å². The highest BCUT2D eigenvalue weighted by Crippen LogP contribution is 2.29. The van der Waals surface area contributed by atoms with Gasteiger partial charge in [0.25, 0.3) is 0 Å². The lowest BCUT2D eigenvalue weighted by Crippen LogP contribution is -2.25. The van der Waals surface area contributed by atoms with Crippen LogP contribution in [0.1, 0.15) is 37.6 Å². The highest BCUT2D eigenvalue weighted by Gasteiger charge is 2.27. The Kier molecular flexibility index (Phi) is 4.65. The maximum atomic E-state index is 6.26. The van der Waals surface area contributed by atoms with Crippen LogP contribution in [-0.2, 0) is 17.9 Å². The number of aryl methyl sites for hydroxylation is 2. The van der Waals surface area contributed by atoms with Crippen LogP contribution in [0.15, 0.2) is 0 Å². The van der Waals surface area contributed by atoms with Crippen molar-refractivity contribution in [2.24, 2.45) is 11.7 Å². The van der Waals surface area contributed by atoms with E-state index in [0.29, 0.717) is 19.1 Å². The van der Waals surface area contributed by atoms with E-state index in [0.717, 1.165) is 29.4 Å². The second-order valence-electron chi connectivity index (χ2n) is 4.94. The Hall–Kier alpha value is -0.580. The van der Waals surface area contributed by atoms with Gasteiger partial charge in [-0.05, 0) is 39.2 Å². The first kappa shape index (κ1) is 13.8. The van der Waals surface area contributed by atoms with Crippen LogP contribution in [-0.4, -0.2) is 22.4 Å². The van der Waals surface area contributed by atoms with Gasteiger partial charge in [-0.3, -0.25) is 4.68 Å². The smallest absolute Gasteiger partial charge is 0.0903 e. The first-order chi connectivity index (χ1) is 8.67. The SMILES string of the molecule is CCn1nc(C)c(Cl)c1COC1CCCC1CN. The third kappa shape index (κ3) is 2.71. The van der Waals surface area contributed by atoms with Crippen molar-refractivity contribution in [1.82, 2.24) is 9.78 Å². The van der Waals surface area contributed by atoms with Gasteiger partial charge in [0.05, 0.1) is 29.1 Å². The van der Waals surface area contributed by atoms with Crippen molar-refractivity contribution < 1.29 is 4.74 Å². The van der Waals surface area contributed by atoms with Gasteiger partial charge in [0, 0.05) is 6.54 Å². The second-order valence-corrected chi connectivity index (χ2v) is 5.32.